The fraction of sp³-hybridized carbons (Fsp3) is 0.411. The van der Waals surface area contributed by atoms with Crippen molar-refractivity contribution in [3.05, 3.63) is 320 Å². The van der Waals surface area contributed by atoms with Crippen LogP contribution in [0, 0.1) is 23.5 Å². The number of aromatic nitrogens is 14. The van der Waals surface area contributed by atoms with Gasteiger partial charge in [-0.3, -0.25) is 33.6 Å². The van der Waals surface area contributed by atoms with Crippen LogP contribution in [-0.2, 0) is 77.8 Å². The highest BCUT2D eigenvalue weighted by molar-refractivity contribution is 7.19. The molecule has 0 atom stereocenters. The van der Waals surface area contributed by atoms with Crippen molar-refractivity contribution < 1.29 is 87.2 Å². The molecule has 6 aliphatic rings. The topological polar surface area (TPSA) is 464 Å². The highest BCUT2D eigenvalue weighted by Crippen LogP contribution is 2.54. The van der Waals surface area contributed by atoms with Crippen molar-refractivity contribution in [2.24, 2.45) is 11.8 Å². The first kappa shape index (κ1) is 106. The smallest absolute Gasteiger partial charge is 0.191 e. The number of nitrogens with zero attached hydrogens (tertiary/aromatic N) is 14. The van der Waals surface area contributed by atoms with Gasteiger partial charge in [0.25, 0.3) is 0 Å². The van der Waals surface area contributed by atoms with Gasteiger partial charge in [0.05, 0.1) is 45.2 Å². The minimum atomic E-state index is -0.546. The van der Waals surface area contributed by atoms with Crippen LogP contribution >= 0.6 is 22.7 Å². The molecule has 738 valence electrons. The minimum absolute atomic E-state index is 0.0337. The van der Waals surface area contributed by atoms with Crippen molar-refractivity contribution in [1.82, 2.24) is 69.8 Å². The Labute approximate surface area is 824 Å². The molecule has 5 saturated carbocycles. The molecular formula is C107H118F2N14O16S2. The third kappa shape index (κ3) is 30.7. The standard InChI is InChI=1S/2C19H21FN2O2.C18H16N2O2S.C14H14N2O3.C13H18N2O2.C12H16N2O3.C12H12N2O2S/c20-16-6-4-15(5-7-16)19(8-2-1-3-9-19)10-18-21-11-14(12-22-18)17(24)13-23;20-16-6-4-5-15(9-16)19(7-2-1-3-8-19)10-18-21-11-14(12-22-18)17(24)13-23;21-11-14(22)13-9-19-17(20-10-13)8-18(5-6-18)16-7-12-3-1-2-4-15(12)23-16;17-9-11(18)10-7-15-13(16-8-10)6-14(3-4-14)12-2-1-5-19-12;16-9-12(17)11-7-14-13(15-8-11)6-10-4-2-1-3-5-10;15-8-11(16)10-6-13-12(14-7-10)5-9-1-3-17-4-2-9;15-8-11(16)9-6-13-12(14-7-9)4-3-10-2-1-5-17-10/h4-7,11-12,23H,1-3,8-10,13H2;4-6,9,11-12,23H,1-3,7-8,10,13H2;1-4,7,9-10,21H,5-6,8,11H2;1-2,5,7-8,17H,3-4,6,9H2;7-8,10,16H,1-6,9H2;6-7,9,15H,1-5,8H2;1-2,5-7,15H,3-4,8H2. The Balaban J connectivity index is 0.000000139. The van der Waals surface area contributed by atoms with E-state index in [1.807, 2.05) is 53.1 Å². The number of ketones is 7. The van der Waals surface area contributed by atoms with Gasteiger partial charge in [-0.25, -0.2) is 78.6 Å². The van der Waals surface area contributed by atoms with Crippen molar-refractivity contribution in [2.75, 3.05) is 59.5 Å². The van der Waals surface area contributed by atoms with Gasteiger partial charge < -0.3 is 44.9 Å². The fourth-order valence-electron chi connectivity index (χ4n) is 18.0. The summed E-state index contributed by atoms with van der Waals surface area (Å²) in [5.41, 5.74) is 4.54. The third-order valence-electron chi connectivity index (χ3n) is 26.6. The summed E-state index contributed by atoms with van der Waals surface area (Å²) >= 11 is 3.57. The molecule has 0 unspecified atom stereocenters. The molecule has 0 spiro atoms. The molecule has 1 saturated heterocycles. The van der Waals surface area contributed by atoms with E-state index < -0.39 is 46.2 Å². The predicted octanol–water partition coefficient (Wildman–Crippen LogP) is 15.0. The number of furan rings is 1. The van der Waals surface area contributed by atoms with Gasteiger partial charge in [-0.2, -0.15) is 0 Å². The van der Waals surface area contributed by atoms with Gasteiger partial charge in [-0.1, -0.05) is 119 Å². The predicted molar refractivity (Wildman–Crippen MR) is 523 cm³/mol. The van der Waals surface area contributed by atoms with E-state index >= 15 is 0 Å². The average molecular weight is 1960 g/mol. The maximum Gasteiger partial charge on any atom is 0.191 e. The van der Waals surface area contributed by atoms with Crippen molar-refractivity contribution in [2.45, 2.75) is 208 Å². The molecule has 5 aliphatic carbocycles. The molecule has 0 bridgehead atoms. The second-order valence-electron chi connectivity index (χ2n) is 36.4. The quantitative estimate of drug-likeness (QED) is 0.0188. The number of ether oxygens (including phenoxy) is 1. The Kier molecular flexibility index (Phi) is 39.6. The highest BCUT2D eigenvalue weighted by Gasteiger charge is 2.48. The molecule has 30 nitrogen and oxygen atoms in total. The Hall–Kier alpha value is -12.6. The van der Waals surface area contributed by atoms with E-state index in [9.17, 15) is 42.3 Å². The maximum absolute atomic E-state index is 13.7. The van der Waals surface area contributed by atoms with Crippen molar-refractivity contribution in [3.63, 3.8) is 0 Å². The number of hydrogen-bond acceptors (Lipinski definition) is 32. The Morgan fingerprint density at radius 1 is 0.333 bits per heavy atom. The lowest BCUT2D eigenvalue weighted by atomic mass is 9.67. The van der Waals surface area contributed by atoms with E-state index in [2.05, 4.69) is 106 Å². The SMILES string of the molecule is O=C(CO)c1cnc(CC2(c3cc4ccccc4s3)CC2)nc1.O=C(CO)c1cnc(CC2(c3ccc(F)cc3)CCCCC2)nc1.O=C(CO)c1cnc(CC2(c3cccc(F)c3)CCCCC2)nc1.O=C(CO)c1cnc(CC2(c3ccco3)CC2)nc1.O=C(CO)c1cnc(CC2CCCCC2)nc1.O=C(CO)c1cnc(CC2CCOCC2)nc1.O=C(CO)c1cnc(CCc2cccs2)nc1. The summed E-state index contributed by atoms with van der Waals surface area (Å²) in [5.74, 6) is 4.36. The highest BCUT2D eigenvalue weighted by atomic mass is 32.1. The van der Waals surface area contributed by atoms with Gasteiger partial charge in [0.15, 0.2) is 40.5 Å². The van der Waals surface area contributed by atoms with Crippen molar-refractivity contribution in [1.29, 1.82) is 0 Å². The van der Waals surface area contributed by atoms with Crippen LogP contribution in [0.5, 0.6) is 0 Å². The first-order chi connectivity index (χ1) is 68.6. The molecule has 1 aliphatic heterocycles. The molecule has 0 amide bonds. The molecule has 11 heterocycles. The minimum Gasteiger partial charge on any atom is -0.469 e. The number of rotatable bonds is 33. The summed E-state index contributed by atoms with van der Waals surface area (Å²) in [6, 6.07) is 32.3. The number of carbonyl (C=O) groups is 7. The van der Waals surface area contributed by atoms with Gasteiger partial charge >= 0.3 is 0 Å². The van der Waals surface area contributed by atoms with Gasteiger partial charge in [-0.05, 0) is 159 Å². The molecule has 6 fully saturated rings. The van der Waals surface area contributed by atoms with Gasteiger partial charge in [0.1, 0.15) is 104 Å². The normalized spacial score (nSPS) is 15.8. The van der Waals surface area contributed by atoms with E-state index in [0.29, 0.717) is 93.3 Å². The number of aliphatic hydroxyl groups excluding tert-OH is 7. The van der Waals surface area contributed by atoms with Crippen LogP contribution in [0.15, 0.2) is 206 Å². The first-order valence-electron chi connectivity index (χ1n) is 47.9. The van der Waals surface area contributed by atoms with Crippen LogP contribution in [0.3, 0.4) is 0 Å². The molecule has 0 radical (unpaired) electrons. The summed E-state index contributed by atoms with van der Waals surface area (Å²) in [6.07, 6.45) is 52.6. The van der Waals surface area contributed by atoms with Gasteiger partial charge in [-0.15, -0.1) is 22.7 Å². The summed E-state index contributed by atoms with van der Waals surface area (Å²) in [4.78, 5) is 141. The molecule has 34 heteroatoms. The monoisotopic (exact) mass is 1960 g/mol. The summed E-state index contributed by atoms with van der Waals surface area (Å²) in [5, 5.41) is 64.8. The number of Topliss-reactive ketones (excluding diaryl/α,β-unsaturated/α-hetero) is 7. The number of carbonyl (C=O) groups excluding carboxylic acids is 7. The van der Waals surface area contributed by atoms with E-state index in [0.717, 1.165) is 170 Å². The molecule has 7 N–H and O–H groups in total. The maximum atomic E-state index is 13.7. The van der Waals surface area contributed by atoms with E-state index in [4.69, 9.17) is 44.9 Å². The van der Waals surface area contributed by atoms with E-state index in [1.165, 1.54) is 170 Å². The number of aryl methyl sites for hydroxylation is 2. The first-order valence-corrected chi connectivity index (χ1v) is 49.6. The molecule has 10 aromatic heterocycles. The van der Waals surface area contributed by atoms with Crippen molar-refractivity contribution >= 4 is 73.2 Å². The molecule has 19 rings (SSSR count). The summed E-state index contributed by atoms with van der Waals surface area (Å²) in [6.45, 7) is -1.96. The lowest BCUT2D eigenvalue weighted by Gasteiger charge is -2.37. The van der Waals surface area contributed by atoms with Crippen LogP contribution in [0.4, 0.5) is 8.78 Å². The Morgan fingerprint density at radius 2 is 0.709 bits per heavy atom. The summed E-state index contributed by atoms with van der Waals surface area (Å²) in [7, 11) is 0. The third-order valence-corrected chi connectivity index (χ3v) is 28.9. The van der Waals surface area contributed by atoms with Gasteiger partial charge in [0, 0.05) is 181 Å². The van der Waals surface area contributed by atoms with Crippen molar-refractivity contribution in [3.8, 4) is 0 Å². The molecule has 141 heavy (non-hydrogen) atoms. The fourth-order valence-corrected chi connectivity index (χ4v) is 20.0. The summed E-state index contributed by atoms with van der Waals surface area (Å²) < 4.78 is 39.1. The molecule has 13 aromatic rings. The number of aliphatic hydroxyl groups is 7. The zero-order valence-electron chi connectivity index (χ0n) is 78.7. The second-order valence-corrected chi connectivity index (χ2v) is 38.5. The average Bonchev–Trinajstić information content (AvgIpc) is 1.60. The number of hydrogen-bond donors (Lipinski definition) is 7. The van der Waals surface area contributed by atoms with Crippen LogP contribution in [0.2, 0.25) is 0 Å². The van der Waals surface area contributed by atoms with Crippen LogP contribution < -0.4 is 0 Å². The lowest BCUT2D eigenvalue weighted by Crippen LogP contribution is -2.32. The van der Waals surface area contributed by atoms with Crippen LogP contribution in [-0.4, -0.2) is 205 Å². The Morgan fingerprint density at radius 3 is 1.09 bits per heavy atom. The zero-order chi connectivity index (χ0) is 99.4. The van der Waals surface area contributed by atoms with Gasteiger partial charge in [0.2, 0.25) is 0 Å². The van der Waals surface area contributed by atoms with E-state index in [-0.39, 0.29) is 73.8 Å². The lowest BCUT2D eigenvalue weighted by molar-refractivity contribution is 0.0659. The number of benzene rings is 3. The van der Waals surface area contributed by atoms with E-state index in [1.54, 1.807) is 29.7 Å². The Bertz CT molecular complexity index is 6040. The van der Waals surface area contributed by atoms with Crippen LogP contribution in [0.1, 0.15) is 275 Å². The zero-order valence-corrected chi connectivity index (χ0v) is 80.3. The second kappa shape index (κ2) is 52.8. The molecular weight excluding hydrogens is 1840 g/mol. The number of fused-ring (bicyclic) bond motifs is 1. The largest absolute Gasteiger partial charge is 0.469 e. The number of halogens is 2. The molecule has 3 aromatic carbocycles. The number of thiophene rings is 2. The van der Waals surface area contributed by atoms with Crippen LogP contribution in [0.25, 0.3) is 10.1 Å².